The highest BCUT2D eigenvalue weighted by Gasteiger charge is 2.85. The monoisotopic (exact) mass is 504 g/mol. The van der Waals surface area contributed by atoms with E-state index in [1.807, 2.05) is 0 Å². The molecule has 5 atom stereocenters. The molecule has 0 heterocycles. The largest absolute Gasteiger partial charge is 0.495 e. The van der Waals surface area contributed by atoms with Crippen LogP contribution in [0.5, 0.6) is 5.75 Å². The number of ether oxygens (including phenoxy) is 4. The average Bonchev–Trinajstić information content (AvgIpc) is 3.34. The van der Waals surface area contributed by atoms with E-state index in [0.717, 1.165) is 0 Å². The van der Waals surface area contributed by atoms with Gasteiger partial charge in [0.05, 0.1) is 31.9 Å². The van der Waals surface area contributed by atoms with Gasteiger partial charge in [-0.3, -0.25) is 9.59 Å². The summed E-state index contributed by atoms with van der Waals surface area (Å²) < 4.78 is 21.4. The van der Waals surface area contributed by atoms with Gasteiger partial charge in [-0.15, -0.1) is 0 Å². The van der Waals surface area contributed by atoms with Crippen LogP contribution in [0.3, 0.4) is 0 Å². The molecule has 2 amide bonds. The van der Waals surface area contributed by atoms with Crippen molar-refractivity contribution in [2.24, 2.45) is 23.2 Å². The van der Waals surface area contributed by atoms with Crippen LogP contribution in [-0.2, 0) is 28.6 Å². The SMILES string of the molecule is CCOC(=O)C1C2C(C(=O)Nc3ccccc3OC)CC(NC(=O)OC(C)(C)C)(C(=O)OCC)C12C. The van der Waals surface area contributed by atoms with Crippen molar-refractivity contribution in [1.82, 2.24) is 5.32 Å². The summed E-state index contributed by atoms with van der Waals surface area (Å²) in [6, 6.07) is 6.93. The molecule has 3 rings (SSSR count). The molecule has 0 saturated heterocycles. The van der Waals surface area contributed by atoms with Crippen LogP contribution in [0, 0.1) is 23.2 Å². The van der Waals surface area contributed by atoms with Crippen LogP contribution in [0.15, 0.2) is 24.3 Å². The Balaban J connectivity index is 2.02. The third-order valence-electron chi connectivity index (χ3n) is 7.05. The summed E-state index contributed by atoms with van der Waals surface area (Å²) in [7, 11) is 1.49. The molecular weight excluding hydrogens is 468 g/mol. The number of carbonyl (C=O) groups excluding carboxylic acids is 4. The second-order valence-electron chi connectivity index (χ2n) is 10.3. The zero-order chi connectivity index (χ0) is 26.9. The lowest BCUT2D eigenvalue weighted by molar-refractivity contribution is -0.156. The Morgan fingerprint density at radius 2 is 1.69 bits per heavy atom. The first kappa shape index (κ1) is 27.3. The molecule has 0 spiro atoms. The molecule has 2 N–H and O–H groups in total. The molecule has 2 fully saturated rings. The van der Waals surface area contributed by atoms with Gasteiger partial charge in [0.25, 0.3) is 0 Å². The van der Waals surface area contributed by atoms with Gasteiger partial charge in [0.2, 0.25) is 5.91 Å². The fourth-order valence-corrected chi connectivity index (χ4v) is 5.55. The van der Waals surface area contributed by atoms with Crippen LogP contribution >= 0.6 is 0 Å². The van der Waals surface area contributed by atoms with Gasteiger partial charge < -0.3 is 29.6 Å². The summed E-state index contributed by atoms with van der Waals surface area (Å²) in [6.45, 7) is 10.3. The van der Waals surface area contributed by atoms with Gasteiger partial charge in [0, 0.05) is 11.3 Å². The van der Waals surface area contributed by atoms with Crippen LogP contribution in [0.2, 0.25) is 0 Å². The number of amides is 2. The number of hydrogen-bond acceptors (Lipinski definition) is 8. The third-order valence-corrected chi connectivity index (χ3v) is 7.05. The van der Waals surface area contributed by atoms with Crippen molar-refractivity contribution in [3.63, 3.8) is 0 Å². The second-order valence-corrected chi connectivity index (χ2v) is 10.3. The van der Waals surface area contributed by atoms with E-state index in [0.29, 0.717) is 11.4 Å². The Morgan fingerprint density at radius 3 is 2.28 bits per heavy atom. The lowest BCUT2D eigenvalue weighted by Gasteiger charge is -2.37. The number of hydrogen-bond donors (Lipinski definition) is 2. The zero-order valence-electron chi connectivity index (χ0n) is 21.9. The molecule has 0 aromatic heterocycles. The van der Waals surface area contributed by atoms with Crippen molar-refractivity contribution < 1.29 is 38.1 Å². The minimum absolute atomic E-state index is 0.0550. The van der Waals surface area contributed by atoms with Crippen molar-refractivity contribution >= 4 is 29.6 Å². The maximum absolute atomic E-state index is 13.6. The van der Waals surface area contributed by atoms with Crippen LogP contribution in [0.4, 0.5) is 10.5 Å². The Hall–Kier alpha value is -3.30. The molecule has 1 aromatic carbocycles. The second kappa shape index (κ2) is 9.99. The average molecular weight is 505 g/mol. The highest BCUT2D eigenvalue weighted by atomic mass is 16.6. The molecule has 1 aromatic rings. The van der Waals surface area contributed by atoms with Gasteiger partial charge in [0.15, 0.2) is 0 Å². The zero-order valence-corrected chi connectivity index (χ0v) is 21.9. The van der Waals surface area contributed by atoms with Crippen molar-refractivity contribution in [3.8, 4) is 5.75 Å². The fraction of sp³-hybridized carbons (Fsp3) is 0.615. The minimum Gasteiger partial charge on any atom is -0.495 e. The van der Waals surface area contributed by atoms with E-state index in [9.17, 15) is 19.2 Å². The number of rotatable bonds is 8. The maximum atomic E-state index is 13.6. The normalized spacial score (nSPS) is 28.4. The molecule has 10 nitrogen and oxygen atoms in total. The van der Waals surface area contributed by atoms with Gasteiger partial charge in [-0.05, 0) is 59.1 Å². The lowest BCUT2D eigenvalue weighted by Crippen LogP contribution is -2.61. The van der Waals surface area contributed by atoms with Gasteiger partial charge in [-0.1, -0.05) is 19.1 Å². The van der Waals surface area contributed by atoms with Crippen molar-refractivity contribution in [2.75, 3.05) is 25.6 Å². The molecule has 2 saturated carbocycles. The number of nitrogens with one attached hydrogen (secondary N) is 2. The smallest absolute Gasteiger partial charge is 0.408 e. The molecule has 5 unspecified atom stereocenters. The molecule has 0 bridgehead atoms. The number of methoxy groups -OCH3 is 1. The third kappa shape index (κ3) is 4.73. The summed E-state index contributed by atoms with van der Waals surface area (Å²) in [5.74, 6) is -3.34. The van der Waals surface area contributed by atoms with Crippen LogP contribution < -0.4 is 15.4 Å². The predicted octanol–water partition coefficient (Wildman–Crippen LogP) is 3.30. The number of fused-ring (bicyclic) bond motifs is 1. The van der Waals surface area contributed by atoms with Gasteiger partial charge in [-0.25, -0.2) is 9.59 Å². The first-order valence-corrected chi connectivity index (χ1v) is 12.1. The number of alkyl carbamates (subject to hydrolysis) is 1. The summed E-state index contributed by atoms with van der Waals surface area (Å²) in [4.78, 5) is 52.9. The highest BCUT2D eigenvalue weighted by Crippen LogP contribution is 2.75. The summed E-state index contributed by atoms with van der Waals surface area (Å²) in [5, 5.41) is 5.57. The molecular formula is C26H36N2O8. The van der Waals surface area contributed by atoms with E-state index in [1.165, 1.54) is 7.11 Å². The predicted molar refractivity (Wildman–Crippen MR) is 130 cm³/mol. The van der Waals surface area contributed by atoms with Crippen LogP contribution in [0.25, 0.3) is 0 Å². The number of anilines is 1. The van der Waals surface area contributed by atoms with E-state index in [4.69, 9.17) is 18.9 Å². The summed E-state index contributed by atoms with van der Waals surface area (Å²) in [6.07, 6.45) is -0.904. The highest BCUT2D eigenvalue weighted by molar-refractivity contribution is 6.00. The van der Waals surface area contributed by atoms with Gasteiger partial charge >= 0.3 is 18.0 Å². The quantitative estimate of drug-likeness (QED) is 0.408. The van der Waals surface area contributed by atoms with E-state index in [2.05, 4.69) is 10.6 Å². The minimum atomic E-state index is -1.67. The van der Waals surface area contributed by atoms with Crippen molar-refractivity contribution in [1.29, 1.82) is 0 Å². The van der Waals surface area contributed by atoms with Crippen LogP contribution in [0.1, 0.15) is 48.0 Å². The van der Waals surface area contributed by atoms with Gasteiger partial charge in [0.1, 0.15) is 16.9 Å². The van der Waals surface area contributed by atoms with Crippen LogP contribution in [-0.4, -0.2) is 55.4 Å². The fourth-order valence-electron chi connectivity index (χ4n) is 5.55. The first-order valence-electron chi connectivity index (χ1n) is 12.1. The standard InChI is InChI=1S/C26H36N2O8/c1-8-34-21(30)19-18-15(20(29)27-16-12-10-11-13-17(16)33-7)14-26(25(18,19)6,22(31)35-9-2)28-23(32)36-24(3,4)5/h10-13,15,18-19H,8-9,14H2,1-7H3,(H,27,29)(H,28,32). The van der Waals surface area contributed by atoms with Crippen molar-refractivity contribution in [3.05, 3.63) is 24.3 Å². The molecule has 0 radical (unpaired) electrons. The van der Waals surface area contributed by atoms with E-state index in [-0.39, 0.29) is 19.6 Å². The van der Waals surface area contributed by atoms with Gasteiger partial charge in [-0.2, -0.15) is 0 Å². The molecule has 10 heteroatoms. The van der Waals surface area contributed by atoms with E-state index >= 15 is 0 Å². The Morgan fingerprint density at radius 1 is 1.06 bits per heavy atom. The number of para-hydroxylation sites is 2. The number of esters is 2. The number of carbonyl (C=O) groups is 4. The Kier molecular flexibility index (Phi) is 7.57. The lowest BCUT2D eigenvalue weighted by atomic mass is 9.79. The molecule has 198 valence electrons. The Bertz CT molecular complexity index is 1040. The summed E-state index contributed by atoms with van der Waals surface area (Å²) >= 11 is 0. The summed E-state index contributed by atoms with van der Waals surface area (Å²) in [5.41, 5.74) is -3.17. The van der Waals surface area contributed by atoms with E-state index < -0.39 is 58.2 Å². The maximum Gasteiger partial charge on any atom is 0.408 e. The Labute approximate surface area is 211 Å². The first-order chi connectivity index (χ1) is 16.9. The topological polar surface area (TPSA) is 129 Å². The molecule has 2 aliphatic rings. The van der Waals surface area contributed by atoms with E-state index in [1.54, 1.807) is 65.8 Å². The number of benzene rings is 1. The molecule has 2 aliphatic carbocycles. The van der Waals surface area contributed by atoms with Crippen molar-refractivity contribution in [2.45, 2.75) is 59.1 Å². The molecule has 36 heavy (non-hydrogen) atoms. The molecule has 0 aliphatic heterocycles.